The van der Waals surface area contributed by atoms with Gasteiger partial charge in [-0.3, -0.25) is 4.90 Å². The van der Waals surface area contributed by atoms with E-state index in [0.29, 0.717) is 13.1 Å². The Morgan fingerprint density at radius 3 is 1.67 bits per heavy atom. The Morgan fingerprint density at radius 1 is 0.833 bits per heavy atom. The molecule has 1 heterocycles. The van der Waals surface area contributed by atoms with Crippen molar-refractivity contribution in [2.45, 2.75) is 0 Å². The number of hydrogen-bond acceptors (Lipinski definition) is 2. The predicted molar refractivity (Wildman–Crippen MR) is 75.6 cm³/mol. The van der Waals surface area contributed by atoms with E-state index in [1.807, 2.05) is 15.9 Å². The van der Waals surface area contributed by atoms with Gasteiger partial charge in [-0.1, -0.05) is 18.2 Å². The molecule has 1 rings (SSSR count). The normalized spacial score (nSPS) is 18.1. The van der Waals surface area contributed by atoms with Crippen molar-refractivity contribution in [2.75, 3.05) is 45.8 Å². The first-order valence-electron chi connectivity index (χ1n) is 6.31. The van der Waals surface area contributed by atoms with E-state index < -0.39 is 0 Å². The highest BCUT2D eigenvalue weighted by Gasteiger charge is 2.22. The van der Waals surface area contributed by atoms with E-state index in [4.69, 9.17) is 0 Å². The van der Waals surface area contributed by atoms with E-state index in [1.54, 1.807) is 12.2 Å². The summed E-state index contributed by atoms with van der Waals surface area (Å²) in [6.07, 6.45) is 5.44. The number of rotatable bonds is 6. The molecule has 0 unspecified atom stereocenters. The minimum atomic E-state index is 0.0769. The third kappa shape index (κ3) is 4.04. The van der Waals surface area contributed by atoms with E-state index in [-0.39, 0.29) is 6.03 Å². The van der Waals surface area contributed by atoms with Crippen LogP contribution in [0.4, 0.5) is 4.79 Å². The summed E-state index contributed by atoms with van der Waals surface area (Å²) in [5.41, 5.74) is 0. The molecule has 1 fully saturated rings. The zero-order chi connectivity index (χ0) is 13.4. The fourth-order valence-electron chi connectivity index (χ4n) is 2.04. The van der Waals surface area contributed by atoms with Gasteiger partial charge in [0, 0.05) is 45.8 Å². The van der Waals surface area contributed by atoms with Gasteiger partial charge in [0.1, 0.15) is 0 Å². The largest absolute Gasteiger partial charge is 0.320 e. The first-order valence-corrected chi connectivity index (χ1v) is 6.31. The minimum Gasteiger partial charge on any atom is -0.320 e. The van der Waals surface area contributed by atoms with Crippen molar-refractivity contribution in [3.05, 3.63) is 38.0 Å². The van der Waals surface area contributed by atoms with Crippen LogP contribution in [0, 0.1) is 0 Å². The number of amides is 2. The van der Waals surface area contributed by atoms with Crippen LogP contribution in [0.1, 0.15) is 0 Å². The van der Waals surface area contributed by atoms with E-state index in [1.165, 1.54) is 0 Å². The van der Waals surface area contributed by atoms with Crippen LogP contribution in [-0.4, -0.2) is 66.5 Å². The second-order valence-electron chi connectivity index (χ2n) is 4.34. The topological polar surface area (TPSA) is 26.8 Å². The molecule has 4 nitrogen and oxygen atoms in total. The first kappa shape index (κ1) is 14.5. The third-order valence-electron chi connectivity index (χ3n) is 3.00. The molecule has 0 aromatic heterocycles. The molecule has 0 aromatic rings. The summed E-state index contributed by atoms with van der Waals surface area (Å²) >= 11 is 0. The van der Waals surface area contributed by atoms with Crippen molar-refractivity contribution in [3.63, 3.8) is 0 Å². The lowest BCUT2D eigenvalue weighted by Gasteiger charge is -2.35. The molecule has 0 N–H and O–H groups in total. The number of carbonyl (C=O) groups excluding carboxylic acids is 1. The molecule has 0 bridgehead atoms. The molecule has 1 aliphatic rings. The van der Waals surface area contributed by atoms with E-state index in [0.717, 1.165) is 32.7 Å². The highest BCUT2D eigenvalue weighted by atomic mass is 16.2. The van der Waals surface area contributed by atoms with Crippen LogP contribution in [0.2, 0.25) is 0 Å². The fourth-order valence-corrected chi connectivity index (χ4v) is 2.04. The van der Waals surface area contributed by atoms with Gasteiger partial charge in [0.2, 0.25) is 0 Å². The maximum absolute atomic E-state index is 12.3. The zero-order valence-electron chi connectivity index (χ0n) is 11.1. The van der Waals surface area contributed by atoms with Crippen LogP contribution in [0.3, 0.4) is 0 Å². The van der Waals surface area contributed by atoms with Crippen LogP contribution in [0.15, 0.2) is 38.0 Å². The summed E-state index contributed by atoms with van der Waals surface area (Å²) in [4.78, 5) is 18.2. The van der Waals surface area contributed by atoms with Crippen molar-refractivity contribution >= 4 is 6.03 Å². The first-order chi connectivity index (χ1) is 8.72. The molecule has 0 saturated carbocycles. The van der Waals surface area contributed by atoms with Crippen molar-refractivity contribution in [2.24, 2.45) is 0 Å². The molecular formula is C14H23N3O. The maximum atomic E-state index is 12.3. The average molecular weight is 249 g/mol. The van der Waals surface area contributed by atoms with Gasteiger partial charge in [-0.05, 0) is 0 Å². The third-order valence-corrected chi connectivity index (χ3v) is 3.00. The van der Waals surface area contributed by atoms with Gasteiger partial charge in [-0.25, -0.2) is 4.79 Å². The second-order valence-corrected chi connectivity index (χ2v) is 4.34. The molecule has 2 amide bonds. The summed E-state index contributed by atoms with van der Waals surface area (Å²) < 4.78 is 0. The summed E-state index contributed by atoms with van der Waals surface area (Å²) in [6.45, 7) is 16.4. The lowest BCUT2D eigenvalue weighted by Crippen LogP contribution is -2.51. The van der Waals surface area contributed by atoms with E-state index >= 15 is 0 Å². The Kier molecular flexibility index (Phi) is 6.22. The molecule has 0 aliphatic carbocycles. The molecule has 1 saturated heterocycles. The van der Waals surface area contributed by atoms with E-state index in [9.17, 15) is 4.79 Å². The summed E-state index contributed by atoms with van der Waals surface area (Å²) in [6, 6.07) is 0.0769. The Bertz CT molecular complexity index is 290. The minimum absolute atomic E-state index is 0.0769. The van der Waals surface area contributed by atoms with Crippen LogP contribution in [0.5, 0.6) is 0 Å². The Balaban J connectivity index is 2.73. The summed E-state index contributed by atoms with van der Waals surface area (Å²) in [7, 11) is 0. The molecule has 1 aliphatic heterocycles. The smallest absolute Gasteiger partial charge is 0.320 e. The van der Waals surface area contributed by atoms with Gasteiger partial charge in [-0.15, -0.1) is 19.7 Å². The zero-order valence-corrected chi connectivity index (χ0v) is 11.1. The number of nitrogens with zero attached hydrogens (tertiary/aromatic N) is 3. The van der Waals surface area contributed by atoms with Crippen molar-refractivity contribution in [1.82, 2.24) is 14.7 Å². The van der Waals surface area contributed by atoms with Crippen LogP contribution in [0.25, 0.3) is 0 Å². The van der Waals surface area contributed by atoms with Gasteiger partial charge >= 0.3 is 6.03 Å². The predicted octanol–water partition coefficient (Wildman–Crippen LogP) is 1.58. The number of carbonyl (C=O) groups is 1. The molecule has 100 valence electrons. The molecule has 0 atom stereocenters. The molecule has 0 aromatic carbocycles. The van der Waals surface area contributed by atoms with Crippen LogP contribution < -0.4 is 0 Å². The molecule has 18 heavy (non-hydrogen) atoms. The Labute approximate surface area is 110 Å². The lowest BCUT2D eigenvalue weighted by atomic mass is 10.3. The number of hydrogen-bond donors (Lipinski definition) is 0. The quantitative estimate of drug-likeness (QED) is 0.668. The fraction of sp³-hybridized carbons (Fsp3) is 0.500. The lowest BCUT2D eigenvalue weighted by molar-refractivity contribution is 0.131. The monoisotopic (exact) mass is 249 g/mol. The number of urea groups is 1. The highest BCUT2D eigenvalue weighted by molar-refractivity contribution is 5.75. The van der Waals surface area contributed by atoms with Gasteiger partial charge in [-0.2, -0.15) is 0 Å². The summed E-state index contributed by atoms with van der Waals surface area (Å²) in [5, 5.41) is 0. The maximum Gasteiger partial charge on any atom is 0.320 e. The van der Waals surface area contributed by atoms with Gasteiger partial charge in [0.15, 0.2) is 0 Å². The van der Waals surface area contributed by atoms with Crippen molar-refractivity contribution in [3.8, 4) is 0 Å². The van der Waals surface area contributed by atoms with Gasteiger partial charge in [0.25, 0.3) is 0 Å². The molecule has 0 radical (unpaired) electrons. The van der Waals surface area contributed by atoms with Gasteiger partial charge < -0.3 is 9.80 Å². The average Bonchev–Trinajstić information content (AvgIpc) is 2.36. The van der Waals surface area contributed by atoms with Crippen molar-refractivity contribution in [1.29, 1.82) is 0 Å². The molecular weight excluding hydrogens is 226 g/mol. The van der Waals surface area contributed by atoms with Crippen LogP contribution >= 0.6 is 0 Å². The molecule has 4 heteroatoms. The summed E-state index contributed by atoms with van der Waals surface area (Å²) in [5.74, 6) is 0. The second kappa shape index (κ2) is 7.71. The Morgan fingerprint density at radius 2 is 1.28 bits per heavy atom. The standard InChI is InChI=1S/C14H23N3O/c1-4-7-15-10-12-16(8-5-2)14(18)17(9-6-3)13-11-15/h4-6H,1-3,7-13H2. The SMILES string of the molecule is C=CCN1CCN(CC=C)C(=O)N(CC=C)CC1. The highest BCUT2D eigenvalue weighted by Crippen LogP contribution is 2.05. The van der Waals surface area contributed by atoms with Gasteiger partial charge in [0.05, 0.1) is 0 Å². The van der Waals surface area contributed by atoms with Crippen LogP contribution in [-0.2, 0) is 0 Å². The van der Waals surface area contributed by atoms with E-state index in [2.05, 4.69) is 24.6 Å². The van der Waals surface area contributed by atoms with Crippen molar-refractivity contribution < 1.29 is 4.79 Å². The molecule has 0 spiro atoms. The Hall–Kier alpha value is -1.55.